The zero-order chi connectivity index (χ0) is 14.5. The molecule has 110 valence electrons. The van der Waals surface area contributed by atoms with E-state index in [-0.39, 0.29) is 18.0 Å². The number of likely N-dealkylation sites (tertiary alicyclic amines) is 1. The minimum atomic E-state index is -0.862. The molecule has 1 heterocycles. The highest BCUT2D eigenvalue weighted by atomic mass is 19.2. The fourth-order valence-electron chi connectivity index (χ4n) is 2.46. The number of carbonyl (C=O) groups excluding carboxylic acids is 1. The summed E-state index contributed by atoms with van der Waals surface area (Å²) < 4.78 is 26.8. The molecule has 1 aromatic rings. The summed E-state index contributed by atoms with van der Waals surface area (Å²) in [5, 5.41) is 2.97. The van der Waals surface area contributed by atoms with Crippen molar-refractivity contribution in [1.29, 1.82) is 0 Å². The summed E-state index contributed by atoms with van der Waals surface area (Å²) in [7, 11) is 0. The lowest BCUT2D eigenvalue weighted by atomic mass is 10.1. The van der Waals surface area contributed by atoms with Gasteiger partial charge in [0.2, 0.25) is 5.91 Å². The molecule has 1 fully saturated rings. The van der Waals surface area contributed by atoms with Crippen LogP contribution in [0.1, 0.15) is 37.8 Å². The smallest absolute Gasteiger partial charge is 0.236 e. The first-order valence-corrected chi connectivity index (χ1v) is 7.04. The van der Waals surface area contributed by atoms with Crippen molar-refractivity contribution < 1.29 is 13.6 Å². The molecule has 1 aliphatic rings. The maximum Gasteiger partial charge on any atom is 0.236 e. The van der Waals surface area contributed by atoms with Crippen molar-refractivity contribution in [1.82, 2.24) is 10.2 Å². The summed E-state index contributed by atoms with van der Waals surface area (Å²) in [5.41, 5.74) is 0.247. The normalized spacial score (nSPS) is 17.1. The van der Waals surface area contributed by atoms with E-state index < -0.39 is 17.7 Å². The predicted octanol–water partition coefficient (Wildman–Crippen LogP) is 2.63. The second kappa shape index (κ2) is 6.79. The van der Waals surface area contributed by atoms with Crippen LogP contribution in [0.5, 0.6) is 0 Å². The lowest BCUT2D eigenvalue weighted by molar-refractivity contribution is -0.131. The summed E-state index contributed by atoms with van der Waals surface area (Å²) >= 11 is 0. The molecule has 2 rings (SSSR count). The largest absolute Gasteiger partial charge is 0.342 e. The molecular formula is C15H20F2N2O. The number of nitrogens with one attached hydrogen (secondary N) is 1. The molecule has 1 N–H and O–H groups in total. The van der Waals surface area contributed by atoms with Crippen molar-refractivity contribution in [3.8, 4) is 0 Å². The van der Waals surface area contributed by atoms with E-state index in [0.29, 0.717) is 0 Å². The summed E-state index contributed by atoms with van der Waals surface area (Å²) in [4.78, 5) is 13.8. The van der Waals surface area contributed by atoms with Gasteiger partial charge in [0.05, 0.1) is 6.54 Å². The highest BCUT2D eigenvalue weighted by molar-refractivity contribution is 5.78. The first-order valence-electron chi connectivity index (χ1n) is 7.04. The molecule has 0 aromatic heterocycles. The fourth-order valence-corrected chi connectivity index (χ4v) is 2.46. The monoisotopic (exact) mass is 282 g/mol. The Bertz CT molecular complexity index is 473. The molecule has 1 amide bonds. The van der Waals surface area contributed by atoms with Crippen molar-refractivity contribution in [2.24, 2.45) is 0 Å². The van der Waals surface area contributed by atoms with E-state index in [0.717, 1.165) is 32.0 Å². The first-order chi connectivity index (χ1) is 9.59. The Hall–Kier alpha value is -1.49. The van der Waals surface area contributed by atoms with Gasteiger partial charge in [-0.05, 0) is 32.3 Å². The standard InChI is InChI=1S/C15H20F2N2O/c1-11(12-6-5-7-13(16)15(12)17)18-10-14(20)19-8-3-2-4-9-19/h5-7,11,18H,2-4,8-10H2,1H3/t11-/m1/s1. The molecule has 1 aromatic carbocycles. The Morgan fingerprint density at radius 3 is 2.70 bits per heavy atom. The lowest BCUT2D eigenvalue weighted by Crippen LogP contribution is -2.41. The molecular weight excluding hydrogens is 262 g/mol. The van der Waals surface area contributed by atoms with E-state index in [1.54, 1.807) is 6.92 Å². The number of halogens is 2. The Kier molecular flexibility index (Phi) is 5.06. The third-order valence-corrected chi connectivity index (χ3v) is 3.72. The molecule has 0 spiro atoms. The second-order valence-corrected chi connectivity index (χ2v) is 5.19. The second-order valence-electron chi connectivity index (χ2n) is 5.19. The summed E-state index contributed by atoms with van der Waals surface area (Å²) in [6.07, 6.45) is 3.25. The van der Waals surface area contributed by atoms with Gasteiger partial charge in [-0.25, -0.2) is 8.78 Å². The van der Waals surface area contributed by atoms with Crippen molar-refractivity contribution in [2.45, 2.75) is 32.2 Å². The number of carbonyl (C=O) groups is 1. The van der Waals surface area contributed by atoms with Crippen LogP contribution < -0.4 is 5.32 Å². The molecule has 0 aliphatic carbocycles. The van der Waals surface area contributed by atoms with E-state index in [4.69, 9.17) is 0 Å². The van der Waals surface area contributed by atoms with Crippen LogP contribution in [0.4, 0.5) is 8.78 Å². The number of hydrogen-bond acceptors (Lipinski definition) is 2. The number of nitrogens with zero attached hydrogens (tertiary/aromatic N) is 1. The van der Waals surface area contributed by atoms with Crippen LogP contribution >= 0.6 is 0 Å². The number of piperidine rings is 1. The summed E-state index contributed by atoms with van der Waals surface area (Å²) in [6, 6.07) is 3.68. The van der Waals surface area contributed by atoms with Gasteiger partial charge in [0.25, 0.3) is 0 Å². The van der Waals surface area contributed by atoms with Crippen LogP contribution in [0.25, 0.3) is 0 Å². The quantitative estimate of drug-likeness (QED) is 0.920. The van der Waals surface area contributed by atoms with Crippen molar-refractivity contribution >= 4 is 5.91 Å². The molecule has 3 nitrogen and oxygen atoms in total. The topological polar surface area (TPSA) is 32.3 Å². The Morgan fingerprint density at radius 2 is 2.00 bits per heavy atom. The zero-order valence-electron chi connectivity index (χ0n) is 11.7. The molecule has 5 heteroatoms. The third kappa shape index (κ3) is 3.54. The van der Waals surface area contributed by atoms with Gasteiger partial charge in [-0.2, -0.15) is 0 Å². The fraction of sp³-hybridized carbons (Fsp3) is 0.533. The highest BCUT2D eigenvalue weighted by Crippen LogP contribution is 2.18. The maximum absolute atomic E-state index is 13.6. The summed E-state index contributed by atoms with van der Waals surface area (Å²) in [5.74, 6) is -1.69. The SMILES string of the molecule is C[C@@H](NCC(=O)N1CCCCC1)c1cccc(F)c1F. The van der Waals surface area contributed by atoms with Gasteiger partial charge in [0.15, 0.2) is 11.6 Å². The third-order valence-electron chi connectivity index (χ3n) is 3.72. The van der Waals surface area contributed by atoms with E-state index >= 15 is 0 Å². The highest BCUT2D eigenvalue weighted by Gasteiger charge is 2.18. The maximum atomic E-state index is 13.6. The average Bonchev–Trinajstić information content (AvgIpc) is 2.48. The molecule has 0 saturated carbocycles. The van der Waals surface area contributed by atoms with Crippen LogP contribution in [-0.2, 0) is 4.79 Å². The van der Waals surface area contributed by atoms with Crippen LogP contribution in [0.2, 0.25) is 0 Å². The summed E-state index contributed by atoms with van der Waals surface area (Å²) in [6.45, 7) is 3.46. The molecule has 1 aliphatic heterocycles. The van der Waals surface area contributed by atoms with Gasteiger partial charge < -0.3 is 10.2 Å². The van der Waals surface area contributed by atoms with Gasteiger partial charge in [-0.15, -0.1) is 0 Å². The minimum Gasteiger partial charge on any atom is -0.342 e. The Balaban J connectivity index is 1.89. The number of benzene rings is 1. The Morgan fingerprint density at radius 1 is 1.30 bits per heavy atom. The van der Waals surface area contributed by atoms with Gasteiger partial charge in [0, 0.05) is 24.7 Å². The first kappa shape index (κ1) is 14.9. The van der Waals surface area contributed by atoms with Crippen LogP contribution in [0, 0.1) is 11.6 Å². The minimum absolute atomic E-state index is 0.0216. The average molecular weight is 282 g/mol. The van der Waals surface area contributed by atoms with Crippen LogP contribution in [0.15, 0.2) is 18.2 Å². The lowest BCUT2D eigenvalue weighted by Gasteiger charge is -2.27. The molecule has 20 heavy (non-hydrogen) atoms. The number of rotatable bonds is 4. The van der Waals surface area contributed by atoms with Gasteiger partial charge in [0.1, 0.15) is 0 Å². The number of amides is 1. The molecule has 1 atom stereocenters. The van der Waals surface area contributed by atoms with E-state index in [9.17, 15) is 13.6 Å². The van der Waals surface area contributed by atoms with Gasteiger partial charge in [-0.1, -0.05) is 12.1 Å². The predicted molar refractivity (Wildman–Crippen MR) is 73.2 cm³/mol. The number of hydrogen-bond donors (Lipinski definition) is 1. The molecule has 0 radical (unpaired) electrons. The van der Waals surface area contributed by atoms with Crippen LogP contribution in [0.3, 0.4) is 0 Å². The van der Waals surface area contributed by atoms with E-state index in [1.165, 1.54) is 18.6 Å². The van der Waals surface area contributed by atoms with Gasteiger partial charge in [-0.3, -0.25) is 4.79 Å². The van der Waals surface area contributed by atoms with E-state index in [1.807, 2.05) is 4.90 Å². The van der Waals surface area contributed by atoms with Crippen molar-refractivity contribution in [3.63, 3.8) is 0 Å². The van der Waals surface area contributed by atoms with Crippen molar-refractivity contribution in [3.05, 3.63) is 35.4 Å². The zero-order valence-corrected chi connectivity index (χ0v) is 11.7. The molecule has 0 bridgehead atoms. The van der Waals surface area contributed by atoms with Gasteiger partial charge >= 0.3 is 0 Å². The molecule has 1 saturated heterocycles. The molecule has 0 unspecified atom stereocenters. The van der Waals surface area contributed by atoms with Crippen molar-refractivity contribution in [2.75, 3.05) is 19.6 Å². The Labute approximate surface area is 118 Å². The van der Waals surface area contributed by atoms with Crippen LogP contribution in [-0.4, -0.2) is 30.4 Å². The van der Waals surface area contributed by atoms with E-state index in [2.05, 4.69) is 5.32 Å².